The van der Waals surface area contributed by atoms with Crippen LogP contribution in [0.4, 0.5) is 0 Å². The maximum Gasteiger partial charge on any atom is 0.335 e. The summed E-state index contributed by atoms with van der Waals surface area (Å²) in [5, 5.41) is 20.1. The zero-order chi connectivity index (χ0) is 22.7. The number of aliphatic carboxylic acids is 1. The van der Waals surface area contributed by atoms with Gasteiger partial charge in [-0.25, -0.2) is 4.79 Å². The lowest BCUT2D eigenvalue weighted by Gasteiger charge is -2.37. The number of carboxylic acid groups (broad SMARTS) is 2. The summed E-state index contributed by atoms with van der Waals surface area (Å²) < 4.78 is 1.86. The van der Waals surface area contributed by atoms with Crippen molar-refractivity contribution in [3.8, 4) is 0 Å². The van der Waals surface area contributed by atoms with Crippen molar-refractivity contribution in [2.24, 2.45) is 7.05 Å². The molecule has 2 N–H and O–H groups in total. The molecular formula is C25H27N3O4. The van der Waals surface area contributed by atoms with E-state index in [1.807, 2.05) is 40.9 Å². The molecule has 2 aromatic carbocycles. The number of hydrogen-bond acceptors (Lipinski definition) is 4. The van der Waals surface area contributed by atoms with Crippen molar-refractivity contribution in [2.45, 2.75) is 6.04 Å². The Bertz CT molecular complexity index is 1140. The molecule has 0 unspecified atom stereocenters. The number of carboxylic acids is 2. The van der Waals surface area contributed by atoms with Crippen LogP contribution >= 0.6 is 0 Å². The van der Waals surface area contributed by atoms with Crippen molar-refractivity contribution >= 4 is 28.9 Å². The first kappa shape index (κ1) is 21.8. The number of nitrogens with zero attached hydrogens (tertiary/aromatic N) is 3. The summed E-state index contributed by atoms with van der Waals surface area (Å²) in [7, 11) is 1.85. The summed E-state index contributed by atoms with van der Waals surface area (Å²) in [4.78, 5) is 28.0. The standard InChI is InChI=1S/C25H27N3O4/c1-26-17-21(20-16-19(24(29)30)9-10-22(20)26)23(25(31)32)28-14-12-27(13-15-28)11-5-8-18-6-3-2-4-7-18/h2-10,16-17,23H,11-15H2,1H3,(H,29,30)(H,31,32)/b8-5+/t23-/m1/s1. The van der Waals surface area contributed by atoms with Gasteiger partial charge in [0.05, 0.1) is 5.56 Å². The van der Waals surface area contributed by atoms with E-state index in [4.69, 9.17) is 0 Å². The molecule has 0 saturated carbocycles. The molecule has 0 aliphatic carbocycles. The molecule has 1 saturated heterocycles. The molecule has 1 aliphatic rings. The molecule has 7 heteroatoms. The summed E-state index contributed by atoms with van der Waals surface area (Å²) >= 11 is 0. The fraction of sp³-hybridized carbons (Fsp3) is 0.280. The maximum atomic E-state index is 12.3. The Kier molecular flexibility index (Phi) is 6.39. The molecule has 0 bridgehead atoms. The van der Waals surface area contributed by atoms with Crippen LogP contribution in [0.15, 0.2) is 60.8 Å². The minimum absolute atomic E-state index is 0.157. The van der Waals surface area contributed by atoms with E-state index < -0.39 is 18.0 Å². The Hall–Kier alpha value is -3.42. The number of hydrogen-bond donors (Lipinski definition) is 2. The van der Waals surface area contributed by atoms with Crippen molar-refractivity contribution in [1.29, 1.82) is 0 Å². The normalized spacial score (nSPS) is 16.5. The van der Waals surface area contributed by atoms with Gasteiger partial charge in [-0.3, -0.25) is 14.6 Å². The zero-order valence-corrected chi connectivity index (χ0v) is 18.0. The van der Waals surface area contributed by atoms with Gasteiger partial charge in [-0.15, -0.1) is 0 Å². The van der Waals surface area contributed by atoms with Gasteiger partial charge < -0.3 is 14.8 Å². The Morgan fingerprint density at radius 1 is 1.03 bits per heavy atom. The van der Waals surface area contributed by atoms with Gasteiger partial charge in [-0.1, -0.05) is 42.5 Å². The third kappa shape index (κ3) is 4.59. The minimum Gasteiger partial charge on any atom is -0.480 e. The molecule has 32 heavy (non-hydrogen) atoms. The van der Waals surface area contributed by atoms with E-state index >= 15 is 0 Å². The number of aromatic carboxylic acids is 1. The van der Waals surface area contributed by atoms with E-state index in [0.29, 0.717) is 24.0 Å². The second kappa shape index (κ2) is 9.38. The Balaban J connectivity index is 1.49. The number of rotatable bonds is 7. The van der Waals surface area contributed by atoms with Crippen LogP contribution in [0.5, 0.6) is 0 Å². The Labute approximate surface area is 186 Å². The van der Waals surface area contributed by atoms with Crippen LogP contribution in [0.25, 0.3) is 17.0 Å². The monoisotopic (exact) mass is 433 g/mol. The molecule has 3 aromatic rings. The van der Waals surface area contributed by atoms with Crippen molar-refractivity contribution in [1.82, 2.24) is 14.4 Å². The summed E-state index contributed by atoms with van der Waals surface area (Å²) in [5.74, 6) is -1.94. The smallest absolute Gasteiger partial charge is 0.335 e. The number of carbonyl (C=O) groups is 2. The third-order valence-corrected chi connectivity index (χ3v) is 6.04. The molecule has 2 heterocycles. The Morgan fingerprint density at radius 3 is 2.41 bits per heavy atom. The van der Waals surface area contributed by atoms with E-state index in [2.05, 4.69) is 29.2 Å². The number of aromatic nitrogens is 1. The molecule has 1 atom stereocenters. The first-order chi connectivity index (χ1) is 15.4. The fourth-order valence-electron chi connectivity index (χ4n) is 4.37. The molecule has 4 rings (SSSR count). The molecule has 0 amide bonds. The predicted molar refractivity (Wildman–Crippen MR) is 124 cm³/mol. The van der Waals surface area contributed by atoms with Crippen molar-refractivity contribution in [3.63, 3.8) is 0 Å². The topological polar surface area (TPSA) is 86.0 Å². The third-order valence-electron chi connectivity index (χ3n) is 6.04. The van der Waals surface area contributed by atoms with Gasteiger partial charge in [0.1, 0.15) is 6.04 Å². The number of piperazine rings is 1. The number of benzene rings is 2. The largest absolute Gasteiger partial charge is 0.480 e. The molecule has 1 aliphatic heterocycles. The van der Waals surface area contributed by atoms with Crippen LogP contribution in [0.2, 0.25) is 0 Å². The highest BCUT2D eigenvalue weighted by molar-refractivity contribution is 5.96. The van der Waals surface area contributed by atoms with Gasteiger partial charge >= 0.3 is 11.9 Å². The Morgan fingerprint density at radius 2 is 1.75 bits per heavy atom. The van der Waals surface area contributed by atoms with E-state index in [1.165, 1.54) is 0 Å². The number of aryl methyl sites for hydroxylation is 1. The van der Waals surface area contributed by atoms with Crippen molar-refractivity contribution in [2.75, 3.05) is 32.7 Å². The van der Waals surface area contributed by atoms with E-state index in [9.17, 15) is 19.8 Å². The fourth-order valence-corrected chi connectivity index (χ4v) is 4.37. The zero-order valence-electron chi connectivity index (χ0n) is 18.0. The molecule has 0 radical (unpaired) electrons. The molecule has 166 valence electrons. The molecule has 7 nitrogen and oxygen atoms in total. The number of fused-ring (bicyclic) bond motifs is 1. The highest BCUT2D eigenvalue weighted by Gasteiger charge is 2.32. The lowest BCUT2D eigenvalue weighted by molar-refractivity contribution is -0.144. The second-order valence-electron chi connectivity index (χ2n) is 8.12. The summed E-state index contributed by atoms with van der Waals surface area (Å²) in [6.07, 6.45) is 6.05. The minimum atomic E-state index is -1.02. The predicted octanol–water partition coefficient (Wildman–Crippen LogP) is 3.33. The molecule has 1 fully saturated rings. The summed E-state index contributed by atoms with van der Waals surface area (Å²) in [5.41, 5.74) is 2.77. The molecular weight excluding hydrogens is 406 g/mol. The molecule has 1 aromatic heterocycles. The summed E-state index contributed by atoms with van der Waals surface area (Å²) in [6.45, 7) is 3.62. The van der Waals surface area contributed by atoms with Gasteiger partial charge in [-0.05, 0) is 23.8 Å². The van der Waals surface area contributed by atoms with Crippen LogP contribution in [0, 0.1) is 0 Å². The van der Waals surface area contributed by atoms with Crippen molar-refractivity contribution < 1.29 is 19.8 Å². The van der Waals surface area contributed by atoms with E-state index in [1.54, 1.807) is 18.2 Å². The highest BCUT2D eigenvalue weighted by atomic mass is 16.4. The highest BCUT2D eigenvalue weighted by Crippen LogP contribution is 2.31. The average molecular weight is 434 g/mol. The van der Waals surface area contributed by atoms with Crippen LogP contribution in [-0.2, 0) is 11.8 Å². The van der Waals surface area contributed by atoms with Gasteiger partial charge in [0.25, 0.3) is 0 Å². The van der Waals surface area contributed by atoms with E-state index in [-0.39, 0.29) is 5.56 Å². The van der Waals surface area contributed by atoms with Gasteiger partial charge in [0, 0.05) is 62.4 Å². The molecule has 0 spiro atoms. The van der Waals surface area contributed by atoms with Gasteiger partial charge in [0.2, 0.25) is 0 Å². The lowest BCUT2D eigenvalue weighted by atomic mass is 10.0. The van der Waals surface area contributed by atoms with Crippen molar-refractivity contribution in [3.05, 3.63) is 77.5 Å². The van der Waals surface area contributed by atoms with E-state index in [0.717, 1.165) is 30.7 Å². The van der Waals surface area contributed by atoms with Gasteiger partial charge in [-0.2, -0.15) is 0 Å². The average Bonchev–Trinajstić information content (AvgIpc) is 3.11. The van der Waals surface area contributed by atoms with Gasteiger partial charge in [0.15, 0.2) is 0 Å². The lowest BCUT2D eigenvalue weighted by Crippen LogP contribution is -2.49. The quantitative estimate of drug-likeness (QED) is 0.595. The maximum absolute atomic E-state index is 12.3. The van der Waals surface area contributed by atoms with Crippen LogP contribution < -0.4 is 0 Å². The summed E-state index contributed by atoms with van der Waals surface area (Å²) in [6, 6.07) is 14.2. The second-order valence-corrected chi connectivity index (χ2v) is 8.12. The van der Waals surface area contributed by atoms with Crippen LogP contribution in [-0.4, -0.2) is 69.2 Å². The first-order valence-corrected chi connectivity index (χ1v) is 10.7. The van der Waals surface area contributed by atoms with Crippen LogP contribution in [0.3, 0.4) is 0 Å². The first-order valence-electron chi connectivity index (χ1n) is 10.7. The SMILES string of the molecule is Cn1cc([C@H](C(=O)O)N2CCN(C/C=C/c3ccccc3)CC2)c2cc(C(=O)O)ccc21. The van der Waals surface area contributed by atoms with Crippen LogP contribution in [0.1, 0.15) is 27.5 Å².